The summed E-state index contributed by atoms with van der Waals surface area (Å²) in [4.78, 5) is 22.7. The molecule has 0 aromatic rings. The fourth-order valence-electron chi connectivity index (χ4n) is 1.68. The molecule has 1 rings (SSSR count). The van der Waals surface area contributed by atoms with Gasteiger partial charge in [0.2, 0.25) is 5.91 Å². The first-order valence-electron chi connectivity index (χ1n) is 5.80. The molecular weight excluding hydrogens is 328 g/mol. The molecule has 1 amide bonds. The molecule has 1 aliphatic rings. The number of rotatable bonds is 6. The lowest BCUT2D eigenvalue weighted by molar-refractivity contribution is -0.141. The zero-order valence-corrected chi connectivity index (χ0v) is 13.3. The third-order valence-electron chi connectivity index (χ3n) is 2.66. The molecule has 1 saturated heterocycles. The van der Waals surface area contributed by atoms with Gasteiger partial charge >= 0.3 is 5.97 Å². The van der Waals surface area contributed by atoms with Crippen LogP contribution in [0.5, 0.6) is 0 Å². The van der Waals surface area contributed by atoms with Crippen LogP contribution in [0.1, 0.15) is 0 Å². The molecule has 0 aliphatic carbocycles. The molecular formula is C10H17ClN2O5S2. The number of esters is 1. The Kier molecular flexibility index (Phi) is 6.56. The van der Waals surface area contributed by atoms with Crippen molar-refractivity contribution in [1.29, 1.82) is 0 Å². The molecule has 0 bridgehead atoms. The van der Waals surface area contributed by atoms with Crippen LogP contribution in [0.15, 0.2) is 0 Å². The van der Waals surface area contributed by atoms with Gasteiger partial charge in [0.25, 0.3) is 0 Å². The van der Waals surface area contributed by atoms with Gasteiger partial charge in [-0.3, -0.25) is 9.59 Å². The molecule has 3 atom stereocenters. The van der Waals surface area contributed by atoms with Gasteiger partial charge in [0, 0.05) is 5.75 Å². The Balaban J connectivity index is 2.29. The highest BCUT2D eigenvalue weighted by Gasteiger charge is 2.37. The number of methoxy groups -OCH3 is 1. The molecule has 1 fully saturated rings. The summed E-state index contributed by atoms with van der Waals surface area (Å²) in [6.45, 7) is 0. The molecule has 3 N–H and O–H groups in total. The number of nitrogens with one attached hydrogen (secondary N) is 1. The topological polar surface area (TPSA) is 116 Å². The summed E-state index contributed by atoms with van der Waals surface area (Å²) in [6, 6.07) is -1.35. The second-order valence-corrected chi connectivity index (χ2v) is 8.16. The molecule has 0 radical (unpaired) electrons. The van der Waals surface area contributed by atoms with Crippen LogP contribution < -0.4 is 11.1 Å². The van der Waals surface area contributed by atoms with Gasteiger partial charge in [-0.25, -0.2) is 8.42 Å². The minimum atomic E-state index is -3.17. The SMILES string of the molecule is COC(=O)C(N)CSCC(=O)NC1CS(=O)(=O)CC1Cl. The monoisotopic (exact) mass is 344 g/mol. The van der Waals surface area contributed by atoms with Crippen LogP contribution in [-0.2, 0) is 24.2 Å². The van der Waals surface area contributed by atoms with Gasteiger partial charge in [0.15, 0.2) is 9.84 Å². The number of sulfone groups is 1. The normalized spacial score (nSPS) is 25.9. The summed E-state index contributed by atoms with van der Waals surface area (Å²) in [7, 11) is -1.94. The smallest absolute Gasteiger partial charge is 0.323 e. The predicted molar refractivity (Wildman–Crippen MR) is 77.5 cm³/mol. The van der Waals surface area contributed by atoms with Gasteiger partial charge in [0.1, 0.15) is 6.04 Å². The van der Waals surface area contributed by atoms with Crippen LogP contribution in [-0.4, -0.2) is 67.9 Å². The minimum absolute atomic E-state index is 0.0743. The lowest BCUT2D eigenvalue weighted by Crippen LogP contribution is -2.42. The van der Waals surface area contributed by atoms with Crippen LogP contribution in [0, 0.1) is 0 Å². The highest BCUT2D eigenvalue weighted by atomic mass is 35.5. The van der Waals surface area contributed by atoms with E-state index in [2.05, 4.69) is 10.1 Å². The largest absolute Gasteiger partial charge is 0.468 e. The van der Waals surface area contributed by atoms with E-state index in [0.717, 1.165) is 0 Å². The summed E-state index contributed by atoms with van der Waals surface area (Å²) < 4.78 is 27.1. The first-order valence-corrected chi connectivity index (χ1v) is 9.21. The van der Waals surface area contributed by atoms with Crippen molar-refractivity contribution in [3.8, 4) is 0 Å². The Bertz CT molecular complexity index is 470. The van der Waals surface area contributed by atoms with Crippen molar-refractivity contribution >= 4 is 45.1 Å². The Hall–Kier alpha value is -0.510. The van der Waals surface area contributed by atoms with Gasteiger partial charge in [0.05, 0.1) is 35.8 Å². The molecule has 20 heavy (non-hydrogen) atoms. The molecule has 1 aliphatic heterocycles. The van der Waals surface area contributed by atoms with Crippen LogP contribution in [0.25, 0.3) is 0 Å². The number of halogens is 1. The van der Waals surface area contributed by atoms with E-state index < -0.39 is 33.3 Å². The second-order valence-electron chi connectivity index (χ2n) is 4.41. The van der Waals surface area contributed by atoms with Gasteiger partial charge in [-0.15, -0.1) is 23.4 Å². The summed E-state index contributed by atoms with van der Waals surface area (Å²) in [5.74, 6) is -0.822. The molecule has 0 aromatic carbocycles. The zero-order chi connectivity index (χ0) is 15.3. The average Bonchev–Trinajstić information content (AvgIpc) is 2.60. The van der Waals surface area contributed by atoms with E-state index in [9.17, 15) is 18.0 Å². The Morgan fingerprint density at radius 2 is 2.15 bits per heavy atom. The van der Waals surface area contributed by atoms with E-state index in [1.807, 2.05) is 0 Å². The van der Waals surface area contributed by atoms with E-state index in [-0.39, 0.29) is 28.9 Å². The standard InChI is InChI=1S/C10H17ClN2O5S2/c1-18-10(15)7(12)2-19-3-9(14)13-8-5-20(16,17)4-6(8)11/h6-8H,2-5,12H2,1H3,(H,13,14). The average molecular weight is 345 g/mol. The number of carbonyl (C=O) groups excluding carboxylic acids is 2. The number of hydrogen-bond donors (Lipinski definition) is 2. The van der Waals surface area contributed by atoms with Gasteiger partial charge in [-0.05, 0) is 0 Å². The summed E-state index contributed by atoms with van der Waals surface area (Å²) in [5.41, 5.74) is 5.51. The molecule has 0 saturated carbocycles. The number of alkyl halides is 1. The van der Waals surface area contributed by atoms with Crippen LogP contribution in [0.4, 0.5) is 0 Å². The van der Waals surface area contributed by atoms with Crippen molar-refractivity contribution in [3.63, 3.8) is 0 Å². The Morgan fingerprint density at radius 1 is 1.50 bits per heavy atom. The van der Waals surface area contributed by atoms with Crippen molar-refractivity contribution in [2.75, 3.05) is 30.1 Å². The van der Waals surface area contributed by atoms with E-state index in [1.54, 1.807) is 0 Å². The van der Waals surface area contributed by atoms with Gasteiger partial charge in [-0.1, -0.05) is 0 Å². The van der Waals surface area contributed by atoms with Crippen molar-refractivity contribution in [1.82, 2.24) is 5.32 Å². The van der Waals surface area contributed by atoms with E-state index in [0.29, 0.717) is 0 Å². The Morgan fingerprint density at radius 3 is 2.65 bits per heavy atom. The molecule has 10 heteroatoms. The maximum atomic E-state index is 11.6. The summed E-state index contributed by atoms with van der Waals surface area (Å²) >= 11 is 7.04. The quantitative estimate of drug-likeness (QED) is 0.456. The van der Waals surface area contributed by atoms with E-state index in [1.165, 1.54) is 18.9 Å². The minimum Gasteiger partial charge on any atom is -0.468 e. The van der Waals surface area contributed by atoms with Crippen molar-refractivity contribution in [3.05, 3.63) is 0 Å². The maximum Gasteiger partial charge on any atom is 0.323 e. The summed E-state index contributed by atoms with van der Waals surface area (Å²) in [6.07, 6.45) is 0. The van der Waals surface area contributed by atoms with Gasteiger partial charge in [-0.2, -0.15) is 0 Å². The highest BCUT2D eigenvalue weighted by molar-refractivity contribution is 8.00. The Labute approximate surface area is 126 Å². The number of ether oxygens (including phenoxy) is 1. The van der Waals surface area contributed by atoms with Gasteiger partial charge < -0.3 is 15.8 Å². The lowest BCUT2D eigenvalue weighted by Gasteiger charge is -2.14. The van der Waals surface area contributed by atoms with Crippen molar-refractivity contribution in [2.24, 2.45) is 5.73 Å². The fraction of sp³-hybridized carbons (Fsp3) is 0.800. The second kappa shape index (κ2) is 7.48. The third-order valence-corrected chi connectivity index (χ3v) is 6.10. The molecule has 0 aromatic heterocycles. The van der Waals surface area contributed by atoms with Crippen molar-refractivity contribution < 1.29 is 22.7 Å². The first kappa shape index (κ1) is 17.5. The number of hydrogen-bond acceptors (Lipinski definition) is 7. The predicted octanol–water partition coefficient (Wildman–Crippen LogP) is -1.26. The lowest BCUT2D eigenvalue weighted by atomic mass is 10.2. The summed E-state index contributed by atoms with van der Waals surface area (Å²) in [5, 5.41) is 1.97. The highest BCUT2D eigenvalue weighted by Crippen LogP contribution is 2.18. The first-order chi connectivity index (χ1) is 9.25. The third kappa shape index (κ3) is 5.47. The van der Waals surface area contributed by atoms with E-state index >= 15 is 0 Å². The van der Waals surface area contributed by atoms with E-state index in [4.69, 9.17) is 17.3 Å². The number of thioether (sulfide) groups is 1. The molecule has 116 valence electrons. The zero-order valence-electron chi connectivity index (χ0n) is 10.9. The van der Waals surface area contributed by atoms with Crippen LogP contribution in [0.3, 0.4) is 0 Å². The van der Waals surface area contributed by atoms with Crippen molar-refractivity contribution in [2.45, 2.75) is 17.5 Å². The molecule has 0 spiro atoms. The van der Waals surface area contributed by atoms with Crippen LogP contribution in [0.2, 0.25) is 0 Å². The molecule has 3 unspecified atom stereocenters. The number of nitrogens with two attached hydrogens (primary N) is 1. The number of amides is 1. The fourth-order valence-corrected chi connectivity index (χ4v) is 5.01. The number of carbonyl (C=O) groups is 2. The van der Waals surface area contributed by atoms with Crippen LogP contribution >= 0.6 is 23.4 Å². The maximum absolute atomic E-state index is 11.6. The molecule has 7 nitrogen and oxygen atoms in total. The molecule has 1 heterocycles.